The molecule has 0 saturated carbocycles. The molecule has 0 radical (unpaired) electrons. The van der Waals surface area contributed by atoms with Crippen molar-refractivity contribution in [1.82, 2.24) is 0 Å². The summed E-state index contributed by atoms with van der Waals surface area (Å²) in [5.74, 6) is 1.08. The molecule has 0 aliphatic heterocycles. The van der Waals surface area contributed by atoms with Gasteiger partial charge in [0.2, 0.25) is 5.75 Å². The molecule has 41 heavy (non-hydrogen) atoms. The third-order valence-corrected chi connectivity index (χ3v) is 6.34. The molecule has 0 unspecified atom stereocenters. The van der Waals surface area contributed by atoms with E-state index in [1.54, 1.807) is 24.3 Å². The molecule has 0 atom stereocenters. The lowest BCUT2D eigenvalue weighted by molar-refractivity contribution is 0.104. The van der Waals surface area contributed by atoms with Crippen LogP contribution >= 0.6 is 0 Å². The number of hydrogen-bond acceptors (Lipinski definition) is 5. The molecular weight excluding hydrogens is 512 g/mol. The van der Waals surface area contributed by atoms with Gasteiger partial charge in [-0.2, -0.15) is 0 Å². The number of aromatic hydroxyl groups is 1. The van der Waals surface area contributed by atoms with Gasteiger partial charge in [0.25, 0.3) is 0 Å². The fourth-order valence-electron chi connectivity index (χ4n) is 4.19. The molecule has 5 aromatic carbocycles. The zero-order valence-electron chi connectivity index (χ0n) is 22.5. The second-order valence-electron chi connectivity index (χ2n) is 9.38. The Bertz CT molecular complexity index is 1530. The van der Waals surface area contributed by atoms with Crippen LogP contribution in [0.15, 0.2) is 133 Å². The van der Waals surface area contributed by atoms with Crippen molar-refractivity contribution >= 4 is 11.9 Å². The van der Waals surface area contributed by atoms with Crippen molar-refractivity contribution in [2.75, 3.05) is 0 Å². The number of phenolic OH excluding ortho intramolecular Hbond substituents is 1. The highest BCUT2D eigenvalue weighted by atomic mass is 16.5. The average Bonchev–Trinajstić information content (AvgIpc) is 3.02. The number of phenols is 1. The van der Waals surface area contributed by atoms with Crippen molar-refractivity contribution < 1.29 is 24.1 Å². The Morgan fingerprint density at radius 2 is 1.02 bits per heavy atom. The van der Waals surface area contributed by atoms with Crippen LogP contribution in [0, 0.1) is 0 Å². The Morgan fingerprint density at radius 1 is 0.585 bits per heavy atom. The molecule has 0 aromatic heterocycles. The second kappa shape index (κ2) is 13.7. The van der Waals surface area contributed by atoms with Crippen LogP contribution < -0.4 is 14.2 Å². The van der Waals surface area contributed by atoms with Crippen molar-refractivity contribution in [1.29, 1.82) is 0 Å². The van der Waals surface area contributed by atoms with Crippen LogP contribution in [0.2, 0.25) is 0 Å². The minimum absolute atomic E-state index is 0.0643. The van der Waals surface area contributed by atoms with Gasteiger partial charge in [-0.3, -0.25) is 4.79 Å². The fraction of sp³-hybridized carbons (Fsp3) is 0.0833. The number of hydrogen-bond donors (Lipinski definition) is 1. The summed E-state index contributed by atoms with van der Waals surface area (Å²) in [6.45, 7) is 0.973. The maximum Gasteiger partial charge on any atom is 0.203 e. The molecule has 0 amide bonds. The first-order valence-corrected chi connectivity index (χ1v) is 13.3. The zero-order chi connectivity index (χ0) is 28.3. The third-order valence-electron chi connectivity index (χ3n) is 6.34. The van der Waals surface area contributed by atoms with Gasteiger partial charge in [0, 0.05) is 0 Å². The van der Waals surface area contributed by atoms with Crippen LogP contribution in [0.5, 0.6) is 23.0 Å². The summed E-state index contributed by atoms with van der Waals surface area (Å²) >= 11 is 0. The van der Waals surface area contributed by atoms with Crippen LogP contribution in [0.3, 0.4) is 0 Å². The van der Waals surface area contributed by atoms with Crippen molar-refractivity contribution in [2.24, 2.45) is 0 Å². The minimum Gasteiger partial charge on any atom is -0.507 e. The number of para-hydroxylation sites is 1. The van der Waals surface area contributed by atoms with Crippen LogP contribution in [0.1, 0.15) is 32.6 Å². The van der Waals surface area contributed by atoms with Crippen LogP contribution in [-0.2, 0) is 19.8 Å². The van der Waals surface area contributed by atoms with Gasteiger partial charge >= 0.3 is 0 Å². The molecule has 0 saturated heterocycles. The van der Waals surface area contributed by atoms with Gasteiger partial charge in [0.05, 0.1) is 5.56 Å². The number of ketones is 1. The Hall–Kier alpha value is -5.29. The summed E-state index contributed by atoms with van der Waals surface area (Å²) in [5, 5.41) is 10.1. The molecule has 5 rings (SSSR count). The zero-order valence-corrected chi connectivity index (χ0v) is 22.5. The van der Waals surface area contributed by atoms with Crippen molar-refractivity contribution in [3.05, 3.63) is 161 Å². The number of carbonyl (C=O) groups is 1. The molecule has 0 heterocycles. The minimum atomic E-state index is -0.314. The standard InChI is InChI=1S/C36H30O5/c37-32-19-11-10-18-31(32)33(38)21-20-30-22-34(39-24-27-12-4-1-5-13-27)36(41-26-29-16-8-3-9-17-29)35(23-30)40-25-28-14-6-2-7-15-28/h1-23,37H,24-26H2/b21-20+. The predicted molar refractivity (Wildman–Crippen MR) is 160 cm³/mol. The molecule has 5 heteroatoms. The summed E-state index contributed by atoms with van der Waals surface area (Å²) in [5.41, 5.74) is 3.93. The molecule has 0 spiro atoms. The predicted octanol–water partition coefficient (Wildman–Crippen LogP) is 8.03. The number of benzene rings is 5. The highest BCUT2D eigenvalue weighted by Crippen LogP contribution is 2.41. The highest BCUT2D eigenvalue weighted by Gasteiger charge is 2.17. The van der Waals surface area contributed by atoms with Gasteiger partial charge in [0.15, 0.2) is 17.3 Å². The van der Waals surface area contributed by atoms with Gasteiger partial charge in [-0.1, -0.05) is 109 Å². The molecule has 0 fully saturated rings. The van der Waals surface area contributed by atoms with E-state index in [1.165, 1.54) is 12.1 Å². The molecule has 5 nitrogen and oxygen atoms in total. The lowest BCUT2D eigenvalue weighted by Crippen LogP contribution is -2.04. The van der Waals surface area contributed by atoms with Gasteiger partial charge in [-0.25, -0.2) is 0 Å². The first-order valence-electron chi connectivity index (χ1n) is 13.3. The molecule has 0 bridgehead atoms. The number of carbonyl (C=O) groups excluding carboxylic acids is 1. The Kier molecular flexibility index (Phi) is 9.10. The summed E-state index contributed by atoms with van der Waals surface area (Å²) in [4.78, 5) is 12.8. The van der Waals surface area contributed by atoms with E-state index in [1.807, 2.05) is 103 Å². The maximum atomic E-state index is 12.8. The largest absolute Gasteiger partial charge is 0.507 e. The Balaban J connectivity index is 1.49. The van der Waals surface area contributed by atoms with Crippen LogP contribution in [0.25, 0.3) is 6.08 Å². The molecule has 1 N–H and O–H groups in total. The monoisotopic (exact) mass is 542 g/mol. The fourth-order valence-corrected chi connectivity index (χ4v) is 4.19. The van der Waals surface area contributed by atoms with Crippen LogP contribution in [0.4, 0.5) is 0 Å². The second-order valence-corrected chi connectivity index (χ2v) is 9.38. The van der Waals surface area contributed by atoms with E-state index >= 15 is 0 Å². The topological polar surface area (TPSA) is 65.0 Å². The molecule has 0 aliphatic carbocycles. The highest BCUT2D eigenvalue weighted by molar-refractivity contribution is 6.08. The van der Waals surface area contributed by atoms with Gasteiger partial charge in [-0.05, 0) is 52.6 Å². The molecule has 0 aliphatic rings. The van der Waals surface area contributed by atoms with Gasteiger partial charge in [0.1, 0.15) is 25.6 Å². The number of allylic oxidation sites excluding steroid dienone is 1. The summed E-state index contributed by atoms with van der Waals surface area (Å²) in [6.07, 6.45) is 3.11. The Labute approximate surface area is 239 Å². The van der Waals surface area contributed by atoms with E-state index in [0.717, 1.165) is 16.7 Å². The number of ether oxygens (including phenoxy) is 3. The number of rotatable bonds is 12. The van der Waals surface area contributed by atoms with Crippen molar-refractivity contribution in [3.63, 3.8) is 0 Å². The van der Waals surface area contributed by atoms with E-state index in [9.17, 15) is 9.90 Å². The van der Waals surface area contributed by atoms with E-state index < -0.39 is 0 Å². The van der Waals surface area contributed by atoms with Gasteiger partial charge in [-0.15, -0.1) is 0 Å². The molecule has 5 aromatic rings. The average molecular weight is 543 g/mol. The van der Waals surface area contributed by atoms with E-state index in [0.29, 0.717) is 42.6 Å². The SMILES string of the molecule is O=C(/C=C/c1cc(OCc2ccccc2)c(OCc2ccccc2)c(OCc2ccccc2)c1)c1ccccc1O. The molecule has 204 valence electrons. The maximum absolute atomic E-state index is 12.8. The lowest BCUT2D eigenvalue weighted by Gasteiger charge is -2.18. The normalized spacial score (nSPS) is 10.8. The molecular formula is C36H30O5. The lowest BCUT2D eigenvalue weighted by atomic mass is 10.1. The third kappa shape index (κ3) is 7.64. The van der Waals surface area contributed by atoms with Crippen molar-refractivity contribution in [3.8, 4) is 23.0 Å². The smallest absolute Gasteiger partial charge is 0.203 e. The van der Waals surface area contributed by atoms with Crippen LogP contribution in [-0.4, -0.2) is 10.9 Å². The van der Waals surface area contributed by atoms with E-state index in [4.69, 9.17) is 14.2 Å². The van der Waals surface area contributed by atoms with E-state index in [2.05, 4.69) is 0 Å². The summed E-state index contributed by atoms with van der Waals surface area (Å²) in [6, 6.07) is 39.7. The first-order chi connectivity index (χ1) is 20.2. The van der Waals surface area contributed by atoms with Gasteiger partial charge < -0.3 is 19.3 Å². The first kappa shape index (κ1) is 27.3. The Morgan fingerprint density at radius 3 is 1.51 bits per heavy atom. The summed E-state index contributed by atoms with van der Waals surface area (Å²) < 4.78 is 18.9. The van der Waals surface area contributed by atoms with E-state index in [-0.39, 0.29) is 17.1 Å². The quantitative estimate of drug-likeness (QED) is 0.128. The summed E-state index contributed by atoms with van der Waals surface area (Å²) in [7, 11) is 0. The van der Waals surface area contributed by atoms with Crippen molar-refractivity contribution in [2.45, 2.75) is 19.8 Å².